The lowest BCUT2D eigenvalue weighted by Gasteiger charge is -2.04. The molecule has 0 unspecified atom stereocenters. The van der Waals surface area contributed by atoms with Crippen molar-refractivity contribution in [1.29, 1.82) is 0 Å². The lowest BCUT2D eigenvalue weighted by Crippen LogP contribution is -2.16. The van der Waals surface area contributed by atoms with Crippen LogP contribution in [0.3, 0.4) is 0 Å². The van der Waals surface area contributed by atoms with Crippen molar-refractivity contribution in [3.63, 3.8) is 0 Å². The summed E-state index contributed by atoms with van der Waals surface area (Å²) in [6.07, 6.45) is 0. The monoisotopic (exact) mass is 404 g/mol. The summed E-state index contributed by atoms with van der Waals surface area (Å²) in [5, 5.41) is 0.656. The topological polar surface area (TPSA) is 34.4 Å². The van der Waals surface area contributed by atoms with E-state index in [1.165, 1.54) is 11.3 Å². The van der Waals surface area contributed by atoms with Crippen molar-refractivity contribution in [2.45, 2.75) is 20.4 Å². The predicted molar refractivity (Wildman–Crippen MR) is 99.5 cm³/mol. The van der Waals surface area contributed by atoms with Crippen LogP contribution in [-0.4, -0.2) is 10.5 Å². The number of carbonyl (C=O) groups is 1. The van der Waals surface area contributed by atoms with Gasteiger partial charge in [-0.2, -0.15) is 4.99 Å². The summed E-state index contributed by atoms with van der Waals surface area (Å²) in [4.78, 5) is 17.3. The Kier molecular flexibility index (Phi) is 4.85. The predicted octanol–water partition coefficient (Wildman–Crippen LogP) is 5.79. The van der Waals surface area contributed by atoms with Crippen molar-refractivity contribution in [3.8, 4) is 0 Å². The summed E-state index contributed by atoms with van der Waals surface area (Å²) in [7, 11) is 0. The van der Waals surface area contributed by atoms with Crippen LogP contribution in [0.4, 0.5) is 0 Å². The number of hydrogen-bond acceptors (Lipinski definition) is 3. The Morgan fingerprint density at radius 1 is 1.26 bits per heavy atom. The van der Waals surface area contributed by atoms with E-state index in [4.69, 9.17) is 34.8 Å². The van der Waals surface area contributed by atoms with Crippen LogP contribution in [0.2, 0.25) is 13.7 Å². The van der Waals surface area contributed by atoms with E-state index in [-0.39, 0.29) is 0 Å². The lowest BCUT2D eigenvalue weighted by molar-refractivity contribution is 0.0998. The van der Waals surface area contributed by atoms with Gasteiger partial charge in [0.1, 0.15) is 4.34 Å². The summed E-state index contributed by atoms with van der Waals surface area (Å²) in [6, 6.07) is 5.36. The fourth-order valence-electron chi connectivity index (χ4n) is 2.33. The number of nitrogens with zero attached hydrogens (tertiary/aromatic N) is 2. The second-order valence-electron chi connectivity index (χ2n) is 4.83. The summed E-state index contributed by atoms with van der Waals surface area (Å²) >= 11 is 20.8. The fourth-order valence-corrected chi connectivity index (χ4v) is 5.22. The van der Waals surface area contributed by atoms with Crippen molar-refractivity contribution in [3.05, 3.63) is 47.8 Å². The van der Waals surface area contributed by atoms with Crippen LogP contribution in [0.1, 0.15) is 22.8 Å². The number of halogens is 3. The summed E-state index contributed by atoms with van der Waals surface area (Å²) < 4.78 is 3.73. The van der Waals surface area contributed by atoms with Crippen molar-refractivity contribution in [2.75, 3.05) is 0 Å². The molecular formula is C15H11Cl3N2OS2. The Bertz CT molecular complexity index is 985. The van der Waals surface area contributed by atoms with Gasteiger partial charge in [0.2, 0.25) is 0 Å². The highest BCUT2D eigenvalue weighted by atomic mass is 35.5. The Hall–Kier alpha value is -0.850. The zero-order valence-corrected chi connectivity index (χ0v) is 16.1. The number of hydrogen-bond donors (Lipinski definition) is 0. The van der Waals surface area contributed by atoms with Gasteiger partial charge in [-0.05, 0) is 31.5 Å². The molecule has 1 aromatic carbocycles. The lowest BCUT2D eigenvalue weighted by atomic mass is 10.2. The first kappa shape index (κ1) is 17.0. The van der Waals surface area contributed by atoms with Gasteiger partial charge in [-0.15, -0.1) is 11.3 Å². The van der Waals surface area contributed by atoms with E-state index in [2.05, 4.69) is 4.99 Å². The average molecular weight is 406 g/mol. The standard InChI is InChI=1S/C15H11Cl3N2OS2/c1-3-20-11-7(2)4-5-9(16)12(11)23-15(20)19-14(21)8-6-10(17)22-13(8)18/h4-6H,3H2,1-2H3. The molecule has 3 rings (SSSR count). The number of rotatable bonds is 2. The molecule has 0 radical (unpaired) electrons. The van der Waals surface area contributed by atoms with Gasteiger partial charge in [-0.3, -0.25) is 4.79 Å². The second-order valence-corrected chi connectivity index (χ2v) is 8.50. The number of thiophene rings is 1. The molecule has 0 N–H and O–H groups in total. The minimum Gasteiger partial charge on any atom is -0.316 e. The van der Waals surface area contributed by atoms with E-state index in [0.29, 0.717) is 30.6 Å². The van der Waals surface area contributed by atoms with Gasteiger partial charge in [0.15, 0.2) is 4.80 Å². The average Bonchev–Trinajstić information content (AvgIpc) is 3.03. The largest absolute Gasteiger partial charge is 0.316 e. The van der Waals surface area contributed by atoms with Crippen LogP contribution in [0.5, 0.6) is 0 Å². The molecule has 0 saturated heterocycles. The maximum absolute atomic E-state index is 12.4. The first-order valence-corrected chi connectivity index (χ1v) is 9.51. The zero-order chi connectivity index (χ0) is 16.7. The van der Waals surface area contributed by atoms with Gasteiger partial charge in [-0.25, -0.2) is 0 Å². The van der Waals surface area contributed by atoms with E-state index in [9.17, 15) is 4.79 Å². The van der Waals surface area contributed by atoms with E-state index in [0.717, 1.165) is 27.1 Å². The number of carbonyl (C=O) groups excluding carboxylic acids is 1. The normalized spacial score (nSPS) is 12.3. The van der Waals surface area contributed by atoms with Crippen LogP contribution in [0, 0.1) is 6.92 Å². The second kappa shape index (κ2) is 6.57. The zero-order valence-electron chi connectivity index (χ0n) is 12.2. The number of aromatic nitrogens is 1. The highest BCUT2D eigenvalue weighted by Gasteiger charge is 2.16. The molecule has 2 heterocycles. The number of fused-ring (bicyclic) bond motifs is 1. The van der Waals surface area contributed by atoms with Crippen LogP contribution in [-0.2, 0) is 6.54 Å². The maximum Gasteiger partial charge on any atom is 0.282 e. The van der Waals surface area contributed by atoms with Gasteiger partial charge >= 0.3 is 0 Å². The maximum atomic E-state index is 12.4. The minimum atomic E-state index is -0.402. The first-order valence-electron chi connectivity index (χ1n) is 6.74. The van der Waals surface area contributed by atoms with Gasteiger partial charge in [0.25, 0.3) is 5.91 Å². The summed E-state index contributed by atoms with van der Waals surface area (Å²) in [5.41, 5.74) is 2.42. The SMILES string of the molecule is CCn1c(=NC(=O)c2cc(Cl)sc2Cl)sc2c(Cl)ccc(C)c21. The summed E-state index contributed by atoms with van der Waals surface area (Å²) in [6.45, 7) is 4.70. The summed E-state index contributed by atoms with van der Waals surface area (Å²) in [5.74, 6) is -0.402. The third-order valence-corrected chi connectivity index (χ3v) is 6.41. The van der Waals surface area contributed by atoms with Crippen LogP contribution in [0.25, 0.3) is 10.2 Å². The Balaban J connectivity index is 2.23. The molecule has 0 aliphatic rings. The molecule has 0 aliphatic carbocycles. The van der Waals surface area contributed by atoms with Gasteiger partial charge in [0, 0.05) is 6.54 Å². The molecule has 0 fully saturated rings. The quantitative estimate of drug-likeness (QED) is 0.531. The molecule has 0 aliphatic heterocycles. The Morgan fingerprint density at radius 2 is 2.00 bits per heavy atom. The molecule has 0 bridgehead atoms. The van der Waals surface area contributed by atoms with Crippen LogP contribution < -0.4 is 4.80 Å². The molecular weight excluding hydrogens is 395 g/mol. The molecule has 0 saturated carbocycles. The molecule has 0 atom stereocenters. The molecule has 2 aromatic heterocycles. The number of amides is 1. The smallest absolute Gasteiger partial charge is 0.282 e. The van der Waals surface area contributed by atoms with Crippen molar-refractivity contribution < 1.29 is 4.79 Å². The molecule has 23 heavy (non-hydrogen) atoms. The number of benzene rings is 1. The molecule has 120 valence electrons. The van der Waals surface area contributed by atoms with Crippen molar-refractivity contribution in [1.82, 2.24) is 4.57 Å². The third-order valence-electron chi connectivity index (χ3n) is 3.38. The molecule has 3 nitrogen and oxygen atoms in total. The minimum absolute atomic E-state index is 0.324. The number of aryl methyl sites for hydroxylation is 2. The fraction of sp³-hybridized carbons (Fsp3) is 0.200. The molecule has 8 heteroatoms. The van der Waals surface area contributed by atoms with E-state index < -0.39 is 5.91 Å². The van der Waals surface area contributed by atoms with Crippen LogP contribution >= 0.6 is 57.5 Å². The Morgan fingerprint density at radius 3 is 2.61 bits per heavy atom. The van der Waals surface area contributed by atoms with Gasteiger partial charge < -0.3 is 4.57 Å². The third kappa shape index (κ3) is 3.08. The van der Waals surface area contributed by atoms with Crippen LogP contribution in [0.15, 0.2) is 23.2 Å². The highest BCUT2D eigenvalue weighted by molar-refractivity contribution is 7.20. The molecule has 0 spiro atoms. The van der Waals surface area contributed by atoms with Crippen molar-refractivity contribution >= 4 is 73.6 Å². The van der Waals surface area contributed by atoms with Gasteiger partial charge in [0.05, 0.1) is 25.1 Å². The van der Waals surface area contributed by atoms with Gasteiger partial charge in [-0.1, -0.05) is 52.2 Å². The number of thiazole rings is 1. The highest BCUT2D eigenvalue weighted by Crippen LogP contribution is 2.32. The van der Waals surface area contributed by atoms with E-state index in [1.807, 2.05) is 30.5 Å². The first-order chi connectivity index (χ1) is 10.9. The van der Waals surface area contributed by atoms with E-state index >= 15 is 0 Å². The molecule has 1 amide bonds. The molecule has 3 aromatic rings. The van der Waals surface area contributed by atoms with E-state index in [1.54, 1.807) is 6.07 Å². The van der Waals surface area contributed by atoms with Crippen molar-refractivity contribution in [2.24, 2.45) is 4.99 Å². The Labute approximate surface area is 155 Å².